The second-order valence-corrected chi connectivity index (χ2v) is 6.78. The van der Waals surface area contributed by atoms with Gasteiger partial charge in [0.05, 0.1) is 17.5 Å². The standard InChI is InChI=1S/C20H15N3O2S/c21-12-15(11-17-6-3-9-25-17)20-22-18(13-26-20)14-4-1-5-16(10-14)23-8-2-7-19(23)24/h1,3-6,9-11,13H,2,7-8H2/b15-11+. The summed E-state index contributed by atoms with van der Waals surface area (Å²) in [5.74, 6) is 0.780. The predicted octanol–water partition coefficient (Wildman–Crippen LogP) is 4.59. The molecule has 1 fully saturated rings. The SMILES string of the molecule is N#C/C(=C\c1ccco1)c1nc(-c2cccc(N3CCCC3=O)c2)cs1. The van der Waals surface area contributed by atoms with Crippen LogP contribution in [0.1, 0.15) is 23.6 Å². The van der Waals surface area contributed by atoms with Crippen molar-refractivity contribution in [3.63, 3.8) is 0 Å². The van der Waals surface area contributed by atoms with Crippen molar-refractivity contribution in [3.05, 3.63) is 58.8 Å². The van der Waals surface area contributed by atoms with Crippen molar-refractivity contribution in [2.24, 2.45) is 0 Å². The average Bonchev–Trinajstić information content (AvgIpc) is 3.41. The van der Waals surface area contributed by atoms with Gasteiger partial charge in [-0.2, -0.15) is 5.26 Å². The third-order valence-corrected chi connectivity index (χ3v) is 5.09. The molecule has 1 aliphatic rings. The van der Waals surface area contributed by atoms with Gasteiger partial charge in [0.25, 0.3) is 0 Å². The van der Waals surface area contributed by atoms with Gasteiger partial charge in [0.1, 0.15) is 16.8 Å². The van der Waals surface area contributed by atoms with Gasteiger partial charge in [-0.1, -0.05) is 12.1 Å². The molecule has 4 rings (SSSR count). The van der Waals surface area contributed by atoms with E-state index < -0.39 is 0 Å². The number of hydrogen-bond donors (Lipinski definition) is 0. The maximum Gasteiger partial charge on any atom is 0.227 e. The molecule has 6 heteroatoms. The number of amides is 1. The number of rotatable bonds is 4. The van der Waals surface area contributed by atoms with E-state index in [0.29, 0.717) is 22.8 Å². The molecule has 0 aliphatic carbocycles. The Hall–Kier alpha value is -3.17. The first-order valence-corrected chi connectivity index (χ1v) is 9.14. The summed E-state index contributed by atoms with van der Waals surface area (Å²) < 4.78 is 5.27. The normalized spacial score (nSPS) is 14.7. The van der Waals surface area contributed by atoms with Crippen LogP contribution in [0.4, 0.5) is 5.69 Å². The molecule has 0 bridgehead atoms. The summed E-state index contributed by atoms with van der Waals surface area (Å²) >= 11 is 1.41. The minimum atomic E-state index is 0.161. The zero-order chi connectivity index (χ0) is 17.9. The van der Waals surface area contributed by atoms with Crippen LogP contribution in [0.15, 0.2) is 52.5 Å². The first kappa shape index (κ1) is 16.3. The lowest BCUT2D eigenvalue weighted by Crippen LogP contribution is -2.23. The monoisotopic (exact) mass is 361 g/mol. The summed E-state index contributed by atoms with van der Waals surface area (Å²) in [5, 5.41) is 12.0. The van der Waals surface area contributed by atoms with E-state index in [0.717, 1.165) is 29.9 Å². The third kappa shape index (κ3) is 3.17. The van der Waals surface area contributed by atoms with E-state index in [1.165, 1.54) is 11.3 Å². The molecule has 0 spiro atoms. The molecule has 1 aromatic carbocycles. The fraction of sp³-hybridized carbons (Fsp3) is 0.150. The largest absolute Gasteiger partial charge is 0.465 e. The van der Waals surface area contributed by atoms with Crippen molar-refractivity contribution in [1.29, 1.82) is 5.26 Å². The number of carbonyl (C=O) groups is 1. The Balaban J connectivity index is 1.64. The molecule has 2 aromatic heterocycles. The second kappa shape index (κ2) is 6.98. The number of aromatic nitrogens is 1. The zero-order valence-electron chi connectivity index (χ0n) is 13.9. The van der Waals surface area contributed by atoms with Crippen LogP contribution in [0, 0.1) is 11.3 Å². The van der Waals surface area contributed by atoms with Gasteiger partial charge >= 0.3 is 0 Å². The Morgan fingerprint density at radius 3 is 3.00 bits per heavy atom. The summed E-state index contributed by atoms with van der Waals surface area (Å²) in [6.45, 7) is 0.759. The smallest absolute Gasteiger partial charge is 0.227 e. The molecule has 0 unspecified atom stereocenters. The fourth-order valence-electron chi connectivity index (χ4n) is 2.94. The van der Waals surface area contributed by atoms with Gasteiger partial charge in [-0.3, -0.25) is 4.79 Å². The van der Waals surface area contributed by atoms with E-state index in [-0.39, 0.29) is 5.91 Å². The maximum absolute atomic E-state index is 12.0. The quantitative estimate of drug-likeness (QED) is 0.637. The van der Waals surface area contributed by atoms with Crippen molar-refractivity contribution in [2.75, 3.05) is 11.4 Å². The summed E-state index contributed by atoms with van der Waals surface area (Å²) in [5.41, 5.74) is 3.08. The number of benzene rings is 1. The lowest BCUT2D eigenvalue weighted by Gasteiger charge is -2.16. The molecule has 0 atom stereocenters. The van der Waals surface area contributed by atoms with E-state index in [4.69, 9.17) is 4.42 Å². The minimum Gasteiger partial charge on any atom is -0.465 e. The molecule has 26 heavy (non-hydrogen) atoms. The second-order valence-electron chi connectivity index (χ2n) is 5.92. The Morgan fingerprint density at radius 1 is 1.35 bits per heavy atom. The van der Waals surface area contributed by atoms with Crippen molar-refractivity contribution >= 4 is 34.6 Å². The van der Waals surface area contributed by atoms with Crippen molar-refractivity contribution in [1.82, 2.24) is 4.98 Å². The van der Waals surface area contributed by atoms with E-state index >= 15 is 0 Å². The highest BCUT2D eigenvalue weighted by atomic mass is 32.1. The molecule has 1 amide bonds. The number of nitriles is 1. The highest BCUT2D eigenvalue weighted by Crippen LogP contribution is 2.30. The number of hydrogen-bond acceptors (Lipinski definition) is 5. The lowest BCUT2D eigenvalue weighted by molar-refractivity contribution is -0.117. The van der Waals surface area contributed by atoms with Crippen LogP contribution in [-0.2, 0) is 4.79 Å². The highest BCUT2D eigenvalue weighted by molar-refractivity contribution is 7.11. The number of furan rings is 1. The van der Waals surface area contributed by atoms with Gasteiger partial charge in [-0.05, 0) is 30.7 Å². The zero-order valence-corrected chi connectivity index (χ0v) is 14.7. The minimum absolute atomic E-state index is 0.161. The molecule has 0 radical (unpaired) electrons. The lowest BCUT2D eigenvalue weighted by atomic mass is 10.1. The van der Waals surface area contributed by atoms with Crippen LogP contribution in [-0.4, -0.2) is 17.4 Å². The van der Waals surface area contributed by atoms with E-state index in [1.54, 1.807) is 24.5 Å². The number of carbonyl (C=O) groups excluding carboxylic acids is 1. The van der Waals surface area contributed by atoms with Gasteiger partial charge in [0.2, 0.25) is 5.91 Å². The molecule has 3 heterocycles. The number of nitrogens with zero attached hydrogens (tertiary/aromatic N) is 3. The molecule has 3 aromatic rings. The van der Waals surface area contributed by atoms with Crippen LogP contribution in [0.5, 0.6) is 0 Å². The number of allylic oxidation sites excluding steroid dienone is 1. The molecular weight excluding hydrogens is 346 g/mol. The van der Waals surface area contributed by atoms with Crippen LogP contribution >= 0.6 is 11.3 Å². The predicted molar refractivity (Wildman–Crippen MR) is 101 cm³/mol. The van der Waals surface area contributed by atoms with Gasteiger partial charge in [0, 0.05) is 35.7 Å². The van der Waals surface area contributed by atoms with Gasteiger partial charge in [-0.15, -0.1) is 11.3 Å². The number of thiazole rings is 1. The van der Waals surface area contributed by atoms with Crippen LogP contribution in [0.3, 0.4) is 0 Å². The Morgan fingerprint density at radius 2 is 2.27 bits per heavy atom. The first-order valence-electron chi connectivity index (χ1n) is 8.26. The Bertz CT molecular complexity index is 1010. The van der Waals surface area contributed by atoms with Crippen molar-refractivity contribution in [3.8, 4) is 17.3 Å². The molecule has 0 N–H and O–H groups in total. The highest BCUT2D eigenvalue weighted by Gasteiger charge is 2.22. The Kier molecular flexibility index (Phi) is 4.38. The topological polar surface area (TPSA) is 70.1 Å². The van der Waals surface area contributed by atoms with Crippen LogP contribution in [0.25, 0.3) is 22.9 Å². The Labute approximate surface area is 154 Å². The summed E-state index contributed by atoms with van der Waals surface area (Å²) in [7, 11) is 0. The van der Waals surface area contributed by atoms with Crippen molar-refractivity contribution in [2.45, 2.75) is 12.8 Å². The first-order chi connectivity index (χ1) is 12.7. The van der Waals surface area contributed by atoms with Gasteiger partial charge in [0.15, 0.2) is 0 Å². The molecule has 128 valence electrons. The van der Waals surface area contributed by atoms with E-state index in [1.807, 2.05) is 34.5 Å². The third-order valence-electron chi connectivity index (χ3n) is 4.21. The molecule has 1 saturated heterocycles. The maximum atomic E-state index is 12.0. The average molecular weight is 361 g/mol. The molecular formula is C20H15N3O2S. The summed E-state index contributed by atoms with van der Waals surface area (Å²) in [6, 6.07) is 13.6. The number of anilines is 1. The summed E-state index contributed by atoms with van der Waals surface area (Å²) in [4.78, 5) is 18.4. The van der Waals surface area contributed by atoms with E-state index in [2.05, 4.69) is 11.1 Å². The molecule has 0 saturated carbocycles. The molecule has 1 aliphatic heterocycles. The van der Waals surface area contributed by atoms with Crippen LogP contribution < -0.4 is 4.90 Å². The van der Waals surface area contributed by atoms with Crippen LogP contribution in [0.2, 0.25) is 0 Å². The van der Waals surface area contributed by atoms with Gasteiger partial charge < -0.3 is 9.32 Å². The van der Waals surface area contributed by atoms with Gasteiger partial charge in [-0.25, -0.2) is 4.98 Å². The molecule has 5 nitrogen and oxygen atoms in total. The fourth-order valence-corrected chi connectivity index (χ4v) is 3.74. The van der Waals surface area contributed by atoms with Crippen molar-refractivity contribution < 1.29 is 9.21 Å². The summed E-state index contributed by atoms with van der Waals surface area (Å²) in [6.07, 6.45) is 4.75. The van der Waals surface area contributed by atoms with E-state index in [9.17, 15) is 10.1 Å².